The molecule has 1 heterocycles. The van der Waals surface area contributed by atoms with Gasteiger partial charge >= 0.3 is 0 Å². The summed E-state index contributed by atoms with van der Waals surface area (Å²) in [5.41, 5.74) is 1.24. The first-order chi connectivity index (χ1) is 11.2. The van der Waals surface area contributed by atoms with Crippen molar-refractivity contribution in [3.05, 3.63) is 47.5 Å². The third kappa shape index (κ3) is 3.39. The Balaban J connectivity index is 1.80. The first-order valence-corrected chi connectivity index (χ1v) is 8.50. The molecule has 0 aliphatic heterocycles. The Morgan fingerprint density at radius 3 is 2.39 bits per heavy atom. The van der Waals surface area contributed by atoms with E-state index in [-0.39, 0.29) is 11.2 Å². The summed E-state index contributed by atoms with van der Waals surface area (Å²) in [5, 5.41) is 1.31. The molecule has 0 bridgehead atoms. The van der Waals surface area contributed by atoms with Gasteiger partial charge in [0.05, 0.1) is 0 Å². The molecule has 1 nitrogen and oxygen atoms in total. The summed E-state index contributed by atoms with van der Waals surface area (Å²) in [6, 6.07) is 8.20. The van der Waals surface area contributed by atoms with Gasteiger partial charge in [-0.1, -0.05) is 51.2 Å². The lowest BCUT2D eigenvalue weighted by molar-refractivity contribution is 0.556. The molecule has 0 unspecified atom stereocenters. The van der Waals surface area contributed by atoms with Crippen LogP contribution in [0, 0.1) is 11.6 Å². The van der Waals surface area contributed by atoms with Crippen LogP contribution in [0.3, 0.4) is 0 Å². The number of benzene rings is 2. The van der Waals surface area contributed by atoms with E-state index in [1.807, 2.05) is 6.07 Å². The van der Waals surface area contributed by atoms with Crippen molar-refractivity contribution in [3.63, 3.8) is 0 Å². The third-order valence-electron chi connectivity index (χ3n) is 4.38. The second kappa shape index (κ2) is 7.12. The van der Waals surface area contributed by atoms with Crippen molar-refractivity contribution in [2.24, 2.45) is 0 Å². The molecule has 0 aliphatic carbocycles. The van der Waals surface area contributed by atoms with E-state index in [4.69, 9.17) is 4.42 Å². The molecule has 0 radical (unpaired) electrons. The smallest absolute Gasteiger partial charge is 0.171 e. The van der Waals surface area contributed by atoms with Crippen LogP contribution in [0.15, 0.2) is 34.7 Å². The first kappa shape index (κ1) is 16.0. The van der Waals surface area contributed by atoms with Crippen LogP contribution in [-0.2, 0) is 6.42 Å². The Hall–Kier alpha value is -1.90. The van der Waals surface area contributed by atoms with Crippen molar-refractivity contribution in [1.29, 1.82) is 0 Å². The van der Waals surface area contributed by atoms with Gasteiger partial charge in [-0.05, 0) is 36.6 Å². The maximum atomic E-state index is 14.3. The summed E-state index contributed by atoms with van der Waals surface area (Å²) in [5.74, 6) is -0.852. The normalized spacial score (nSPS) is 11.6. The Morgan fingerprint density at radius 2 is 1.57 bits per heavy atom. The highest BCUT2D eigenvalue weighted by atomic mass is 19.1. The van der Waals surface area contributed by atoms with Crippen molar-refractivity contribution in [2.45, 2.75) is 51.9 Å². The number of aryl methyl sites for hydroxylation is 1. The number of para-hydroxylation sites is 1. The number of fused-ring (bicyclic) bond motifs is 3. The van der Waals surface area contributed by atoms with Gasteiger partial charge in [0.15, 0.2) is 22.8 Å². The highest BCUT2D eigenvalue weighted by Gasteiger charge is 2.15. The lowest BCUT2D eigenvalue weighted by Crippen LogP contribution is -1.88. The zero-order valence-electron chi connectivity index (χ0n) is 13.5. The molecule has 1 aromatic heterocycles. The van der Waals surface area contributed by atoms with E-state index >= 15 is 0 Å². The van der Waals surface area contributed by atoms with E-state index in [1.165, 1.54) is 44.2 Å². The topological polar surface area (TPSA) is 13.1 Å². The summed E-state index contributed by atoms with van der Waals surface area (Å²) in [4.78, 5) is 0. The summed E-state index contributed by atoms with van der Waals surface area (Å²) < 4.78 is 33.5. The highest BCUT2D eigenvalue weighted by molar-refractivity contribution is 6.05. The fraction of sp³-hybridized carbons (Fsp3) is 0.400. The van der Waals surface area contributed by atoms with Crippen molar-refractivity contribution in [2.75, 3.05) is 0 Å². The van der Waals surface area contributed by atoms with Gasteiger partial charge in [0.25, 0.3) is 0 Å². The maximum absolute atomic E-state index is 14.3. The number of hydrogen-bond donors (Lipinski definition) is 0. The lowest BCUT2D eigenvalue weighted by atomic mass is 10.0. The average Bonchev–Trinajstić information content (AvgIpc) is 2.92. The molecular formula is C20H22F2O. The number of unbranched alkanes of at least 4 members (excludes halogenated alkanes) is 5. The Labute approximate surface area is 135 Å². The van der Waals surface area contributed by atoms with Gasteiger partial charge in [0, 0.05) is 10.8 Å². The lowest BCUT2D eigenvalue weighted by Gasteiger charge is -2.03. The minimum Gasteiger partial charge on any atom is -0.450 e. The number of furan rings is 1. The SMILES string of the molecule is CCCCCCCCc1cc(F)c2oc3c(F)cccc3c2c1. The summed E-state index contributed by atoms with van der Waals surface area (Å²) >= 11 is 0. The molecule has 0 aliphatic rings. The quantitative estimate of drug-likeness (QED) is 0.438. The van der Waals surface area contributed by atoms with Gasteiger partial charge in [-0.2, -0.15) is 0 Å². The van der Waals surface area contributed by atoms with E-state index in [0.29, 0.717) is 10.8 Å². The van der Waals surface area contributed by atoms with Crippen LogP contribution in [0.2, 0.25) is 0 Å². The Morgan fingerprint density at radius 1 is 0.826 bits per heavy atom. The monoisotopic (exact) mass is 316 g/mol. The third-order valence-corrected chi connectivity index (χ3v) is 4.38. The molecule has 23 heavy (non-hydrogen) atoms. The zero-order chi connectivity index (χ0) is 16.2. The van der Waals surface area contributed by atoms with Gasteiger partial charge < -0.3 is 4.42 Å². The second-order valence-electron chi connectivity index (χ2n) is 6.19. The van der Waals surface area contributed by atoms with Crippen LogP contribution in [0.1, 0.15) is 51.0 Å². The largest absolute Gasteiger partial charge is 0.450 e. The molecule has 3 heteroatoms. The van der Waals surface area contributed by atoms with E-state index in [1.54, 1.807) is 12.1 Å². The fourth-order valence-corrected chi connectivity index (χ4v) is 3.13. The van der Waals surface area contributed by atoms with Crippen LogP contribution < -0.4 is 0 Å². The standard InChI is InChI=1S/C20H22F2O/c1-2-3-4-5-6-7-9-14-12-16-15-10-8-11-17(21)19(15)23-20(16)18(22)13-14/h8,10-13H,2-7,9H2,1H3. The second-order valence-corrected chi connectivity index (χ2v) is 6.19. The molecule has 0 saturated heterocycles. The molecule has 0 fully saturated rings. The van der Waals surface area contributed by atoms with Crippen LogP contribution >= 0.6 is 0 Å². The molecule has 122 valence electrons. The molecule has 0 N–H and O–H groups in total. The van der Waals surface area contributed by atoms with Crippen molar-refractivity contribution in [3.8, 4) is 0 Å². The van der Waals surface area contributed by atoms with Gasteiger partial charge in [0.2, 0.25) is 0 Å². The van der Waals surface area contributed by atoms with Crippen LogP contribution in [0.25, 0.3) is 21.9 Å². The van der Waals surface area contributed by atoms with E-state index < -0.39 is 11.6 Å². The predicted molar refractivity (Wildman–Crippen MR) is 90.7 cm³/mol. The molecule has 0 saturated carbocycles. The van der Waals surface area contributed by atoms with Gasteiger partial charge in [-0.15, -0.1) is 0 Å². The van der Waals surface area contributed by atoms with E-state index in [2.05, 4.69) is 6.92 Å². The molecule has 3 rings (SSSR count). The molecule has 0 amide bonds. The van der Waals surface area contributed by atoms with Gasteiger partial charge in [-0.25, -0.2) is 8.78 Å². The van der Waals surface area contributed by atoms with Crippen molar-refractivity contribution >= 4 is 21.9 Å². The average molecular weight is 316 g/mol. The fourth-order valence-electron chi connectivity index (χ4n) is 3.13. The van der Waals surface area contributed by atoms with Crippen molar-refractivity contribution in [1.82, 2.24) is 0 Å². The van der Waals surface area contributed by atoms with Gasteiger partial charge in [0.1, 0.15) is 0 Å². The van der Waals surface area contributed by atoms with Gasteiger partial charge in [-0.3, -0.25) is 0 Å². The highest BCUT2D eigenvalue weighted by Crippen LogP contribution is 2.33. The minimum absolute atomic E-state index is 0.137. The summed E-state index contributed by atoms with van der Waals surface area (Å²) in [6.45, 7) is 2.20. The minimum atomic E-state index is -0.449. The zero-order valence-corrected chi connectivity index (χ0v) is 13.5. The molecule has 0 spiro atoms. The van der Waals surface area contributed by atoms with E-state index in [9.17, 15) is 8.78 Å². The maximum Gasteiger partial charge on any atom is 0.171 e. The summed E-state index contributed by atoms with van der Waals surface area (Å²) in [7, 11) is 0. The summed E-state index contributed by atoms with van der Waals surface area (Å²) in [6.07, 6.45) is 8.10. The Bertz CT molecular complexity index is 804. The van der Waals surface area contributed by atoms with Crippen LogP contribution in [-0.4, -0.2) is 0 Å². The van der Waals surface area contributed by atoms with Crippen LogP contribution in [0.5, 0.6) is 0 Å². The first-order valence-electron chi connectivity index (χ1n) is 8.50. The molecular weight excluding hydrogens is 294 g/mol. The predicted octanol–water partition coefficient (Wildman–Crippen LogP) is 6.77. The number of rotatable bonds is 7. The van der Waals surface area contributed by atoms with E-state index in [0.717, 1.165) is 18.4 Å². The number of hydrogen-bond acceptors (Lipinski definition) is 1. The molecule has 2 aromatic carbocycles. The van der Waals surface area contributed by atoms with Crippen LogP contribution in [0.4, 0.5) is 8.78 Å². The number of halogens is 2. The molecule has 0 atom stereocenters. The van der Waals surface area contributed by atoms with Crippen molar-refractivity contribution < 1.29 is 13.2 Å². The Kier molecular flexibility index (Phi) is 4.94. The molecule has 3 aromatic rings.